The quantitative estimate of drug-likeness (QED) is 0.746. The number of aromatic nitrogens is 1. The van der Waals surface area contributed by atoms with Crippen LogP contribution in [0.1, 0.15) is 0 Å². The monoisotopic (exact) mass is 389 g/mol. The molecule has 1 aliphatic rings. The van der Waals surface area contributed by atoms with Gasteiger partial charge in [0.05, 0.1) is 21.0 Å². The van der Waals surface area contributed by atoms with Crippen molar-refractivity contribution in [2.45, 2.75) is 9.79 Å². The molecule has 1 aromatic heterocycles. The van der Waals surface area contributed by atoms with Crippen LogP contribution >= 0.6 is 12.4 Å². The molecule has 1 N–H and O–H groups in total. The number of fused-ring (bicyclic) bond motifs is 1. The number of hydrogen-bond acceptors (Lipinski definition) is 5. The Morgan fingerprint density at radius 1 is 0.923 bits per heavy atom. The Labute approximate surface area is 159 Å². The molecule has 0 saturated carbocycles. The molecule has 0 bridgehead atoms. The molecule has 5 nitrogen and oxygen atoms in total. The molecule has 0 spiro atoms. The first-order valence-corrected chi connectivity index (χ1v) is 9.80. The highest BCUT2D eigenvalue weighted by Crippen LogP contribution is 2.32. The van der Waals surface area contributed by atoms with Gasteiger partial charge in [-0.25, -0.2) is 8.42 Å². The Balaban J connectivity index is 0.00000196. The third kappa shape index (κ3) is 3.28. The van der Waals surface area contributed by atoms with Crippen LogP contribution in [0.25, 0.3) is 10.9 Å². The third-order valence-corrected chi connectivity index (χ3v) is 6.34. The highest BCUT2D eigenvalue weighted by atomic mass is 35.5. The van der Waals surface area contributed by atoms with Gasteiger partial charge < -0.3 is 10.2 Å². The van der Waals surface area contributed by atoms with Crippen molar-refractivity contribution in [2.24, 2.45) is 0 Å². The Hall–Kier alpha value is -2.15. The van der Waals surface area contributed by atoms with Crippen molar-refractivity contribution in [3.8, 4) is 0 Å². The van der Waals surface area contributed by atoms with Crippen LogP contribution in [0, 0.1) is 0 Å². The number of para-hydroxylation sites is 1. The zero-order valence-corrected chi connectivity index (χ0v) is 15.8. The normalized spacial score (nSPS) is 14.8. The number of sulfone groups is 1. The van der Waals surface area contributed by atoms with Crippen LogP contribution in [0.5, 0.6) is 0 Å². The second kappa shape index (κ2) is 7.61. The number of benzene rings is 2. The van der Waals surface area contributed by atoms with E-state index in [1.54, 1.807) is 36.5 Å². The van der Waals surface area contributed by atoms with E-state index in [0.29, 0.717) is 15.2 Å². The lowest BCUT2D eigenvalue weighted by molar-refractivity contribution is 0.590. The lowest BCUT2D eigenvalue weighted by atomic mass is 10.1. The zero-order valence-electron chi connectivity index (χ0n) is 14.1. The van der Waals surface area contributed by atoms with Gasteiger partial charge in [-0.05, 0) is 24.3 Å². The summed E-state index contributed by atoms with van der Waals surface area (Å²) < 4.78 is 26.2. The number of nitrogens with one attached hydrogen (secondary N) is 1. The molecule has 1 aliphatic heterocycles. The first-order chi connectivity index (χ1) is 12.2. The summed E-state index contributed by atoms with van der Waals surface area (Å²) in [5.41, 5.74) is 1.73. The second-order valence-electron chi connectivity index (χ2n) is 6.04. The molecule has 2 heterocycles. The Morgan fingerprint density at radius 2 is 1.65 bits per heavy atom. The van der Waals surface area contributed by atoms with Gasteiger partial charge in [0.1, 0.15) is 0 Å². The van der Waals surface area contributed by atoms with Gasteiger partial charge in [0, 0.05) is 37.8 Å². The summed E-state index contributed by atoms with van der Waals surface area (Å²) in [6.45, 7) is 3.60. The van der Waals surface area contributed by atoms with Crippen LogP contribution in [0.3, 0.4) is 0 Å². The minimum atomic E-state index is -3.58. The maximum atomic E-state index is 13.1. The Kier molecular flexibility index (Phi) is 5.46. The second-order valence-corrected chi connectivity index (χ2v) is 7.95. The van der Waals surface area contributed by atoms with E-state index in [2.05, 4.69) is 15.2 Å². The van der Waals surface area contributed by atoms with Gasteiger partial charge >= 0.3 is 0 Å². The highest BCUT2D eigenvalue weighted by Gasteiger charge is 2.22. The zero-order chi connectivity index (χ0) is 17.3. The van der Waals surface area contributed by atoms with Gasteiger partial charge in [-0.3, -0.25) is 4.98 Å². The van der Waals surface area contributed by atoms with Gasteiger partial charge in [0.25, 0.3) is 0 Å². The van der Waals surface area contributed by atoms with E-state index in [-0.39, 0.29) is 12.4 Å². The number of nitrogens with zero attached hydrogens (tertiary/aromatic N) is 2. The molecule has 0 amide bonds. The summed E-state index contributed by atoms with van der Waals surface area (Å²) >= 11 is 0. The largest absolute Gasteiger partial charge is 0.367 e. The fourth-order valence-electron chi connectivity index (χ4n) is 3.26. The van der Waals surface area contributed by atoms with E-state index >= 15 is 0 Å². The van der Waals surface area contributed by atoms with Crippen molar-refractivity contribution in [1.82, 2.24) is 10.3 Å². The number of halogens is 1. The van der Waals surface area contributed by atoms with Crippen LogP contribution in [0.2, 0.25) is 0 Å². The average molecular weight is 390 g/mol. The smallest absolute Gasteiger partial charge is 0.207 e. The van der Waals surface area contributed by atoms with Gasteiger partial charge in [-0.15, -0.1) is 12.4 Å². The van der Waals surface area contributed by atoms with Crippen LogP contribution in [0.4, 0.5) is 5.69 Å². The average Bonchev–Trinajstić information content (AvgIpc) is 2.68. The topological polar surface area (TPSA) is 62.3 Å². The summed E-state index contributed by atoms with van der Waals surface area (Å²) in [5.74, 6) is 0. The van der Waals surface area contributed by atoms with Crippen molar-refractivity contribution in [1.29, 1.82) is 0 Å². The SMILES string of the molecule is Cl.O=S(=O)(c1ccccc1)c1ccnc2c(N3CCNCC3)cccc12. The molecule has 7 heteroatoms. The van der Waals surface area contributed by atoms with Crippen LogP contribution in [-0.2, 0) is 9.84 Å². The molecule has 0 atom stereocenters. The fourth-order valence-corrected chi connectivity index (χ4v) is 4.72. The van der Waals surface area contributed by atoms with Crippen molar-refractivity contribution < 1.29 is 8.42 Å². The molecule has 4 rings (SSSR count). The lowest BCUT2D eigenvalue weighted by Crippen LogP contribution is -2.43. The van der Waals surface area contributed by atoms with E-state index in [1.807, 2.05) is 24.3 Å². The summed E-state index contributed by atoms with van der Waals surface area (Å²) in [4.78, 5) is 7.36. The van der Waals surface area contributed by atoms with Crippen LogP contribution in [0.15, 0.2) is 70.6 Å². The van der Waals surface area contributed by atoms with Crippen molar-refractivity contribution in [2.75, 3.05) is 31.1 Å². The molecule has 1 saturated heterocycles. The summed E-state index contributed by atoms with van der Waals surface area (Å²) in [7, 11) is -3.58. The molecule has 0 unspecified atom stereocenters. The Bertz CT molecular complexity index is 1000. The van der Waals surface area contributed by atoms with E-state index in [4.69, 9.17) is 0 Å². The maximum Gasteiger partial charge on any atom is 0.207 e. The van der Waals surface area contributed by atoms with Crippen LogP contribution < -0.4 is 10.2 Å². The van der Waals surface area contributed by atoms with Crippen LogP contribution in [-0.4, -0.2) is 39.6 Å². The predicted molar refractivity (Wildman–Crippen MR) is 106 cm³/mol. The molecule has 136 valence electrons. The van der Waals surface area contributed by atoms with E-state index < -0.39 is 9.84 Å². The van der Waals surface area contributed by atoms with E-state index in [9.17, 15) is 8.42 Å². The van der Waals surface area contributed by atoms with Gasteiger partial charge in [0.15, 0.2) is 0 Å². The number of rotatable bonds is 3. The number of pyridine rings is 1. The summed E-state index contributed by atoms with van der Waals surface area (Å²) in [6, 6.07) is 15.9. The maximum absolute atomic E-state index is 13.1. The van der Waals surface area contributed by atoms with Crippen molar-refractivity contribution in [3.05, 3.63) is 60.8 Å². The van der Waals surface area contributed by atoms with Crippen molar-refractivity contribution in [3.63, 3.8) is 0 Å². The summed E-state index contributed by atoms with van der Waals surface area (Å²) in [6.07, 6.45) is 1.59. The minimum absolute atomic E-state index is 0. The summed E-state index contributed by atoms with van der Waals surface area (Å²) in [5, 5.41) is 4.00. The fraction of sp³-hybridized carbons (Fsp3) is 0.211. The number of anilines is 1. The standard InChI is InChI=1S/C19H19N3O2S.ClH/c23-25(24,15-5-2-1-3-6-15)18-9-10-21-19-16(18)7-4-8-17(19)22-13-11-20-12-14-22;/h1-10,20H,11-14H2;1H. The molecule has 2 aromatic carbocycles. The van der Waals surface area contributed by atoms with Gasteiger partial charge in [-0.1, -0.05) is 30.3 Å². The van der Waals surface area contributed by atoms with E-state index in [0.717, 1.165) is 37.4 Å². The van der Waals surface area contributed by atoms with Crippen molar-refractivity contribution >= 4 is 38.8 Å². The lowest BCUT2D eigenvalue weighted by Gasteiger charge is -2.30. The molecule has 0 aliphatic carbocycles. The molecular formula is C19H20ClN3O2S. The molecule has 3 aromatic rings. The third-order valence-electron chi connectivity index (χ3n) is 4.51. The Morgan fingerprint density at radius 3 is 2.38 bits per heavy atom. The minimum Gasteiger partial charge on any atom is -0.367 e. The highest BCUT2D eigenvalue weighted by molar-refractivity contribution is 7.91. The first-order valence-electron chi connectivity index (χ1n) is 8.31. The van der Waals surface area contributed by atoms with Gasteiger partial charge in [-0.2, -0.15) is 0 Å². The molecule has 26 heavy (non-hydrogen) atoms. The molecule has 0 radical (unpaired) electrons. The predicted octanol–water partition coefficient (Wildman–Crippen LogP) is 2.90. The first kappa shape index (κ1) is 18.6. The molecule has 1 fully saturated rings. The van der Waals surface area contributed by atoms with Gasteiger partial charge in [0.2, 0.25) is 9.84 Å². The number of piperazine rings is 1. The molecular weight excluding hydrogens is 370 g/mol. The van der Waals surface area contributed by atoms with E-state index in [1.165, 1.54) is 0 Å². The number of hydrogen-bond donors (Lipinski definition) is 1.